The molecule has 0 aliphatic carbocycles. The number of nitrogens with zero attached hydrogens (tertiary/aromatic N) is 2. The van der Waals surface area contributed by atoms with Gasteiger partial charge >= 0.3 is 11.9 Å². The van der Waals surface area contributed by atoms with Crippen LogP contribution in [0.4, 0.5) is 0 Å². The minimum absolute atomic E-state index is 0.0514. The number of carbonyl (C=O) groups is 8. The molecule has 21 nitrogen and oxygen atoms in total. The third-order valence-corrected chi connectivity index (χ3v) is 7.97. The highest BCUT2D eigenvalue weighted by atomic mass is 16.4. The van der Waals surface area contributed by atoms with Gasteiger partial charge in [-0.3, -0.25) is 43.3 Å². The first-order valence-corrected chi connectivity index (χ1v) is 17.0. The van der Waals surface area contributed by atoms with E-state index >= 15 is 0 Å². The molecule has 0 spiro atoms. The van der Waals surface area contributed by atoms with Crippen LogP contribution in [-0.2, 0) is 38.4 Å². The van der Waals surface area contributed by atoms with E-state index in [1.807, 2.05) is 19.2 Å². The van der Waals surface area contributed by atoms with Crippen molar-refractivity contribution in [2.45, 2.75) is 115 Å². The Morgan fingerprint density at radius 2 is 1.44 bits per heavy atom. The lowest BCUT2D eigenvalue weighted by Gasteiger charge is -2.29. The lowest BCUT2D eigenvalue weighted by Crippen LogP contribution is -2.61. The van der Waals surface area contributed by atoms with Crippen molar-refractivity contribution in [3.8, 4) is 0 Å². The summed E-state index contributed by atoms with van der Waals surface area (Å²) in [5, 5.41) is 39.9. The van der Waals surface area contributed by atoms with E-state index in [9.17, 15) is 43.5 Å². The smallest absolute Gasteiger partial charge is 0.322 e. The van der Waals surface area contributed by atoms with Gasteiger partial charge < -0.3 is 64.0 Å². The molecule has 1 aliphatic rings. The number of carboxylic acids is 2. The fourth-order valence-corrected chi connectivity index (χ4v) is 5.31. The Morgan fingerprint density at radius 1 is 0.827 bits per heavy atom. The standard InChI is InChI=1S/C31H54N10O11/c1-15(2)13-18(32)30(52)41-12-6-8-21(41)28(50)37-16(3)25(47)38-19(7-5-11-35-31(33)34)27(49)40-24(17(4)42)29(51)39-20(9-10-22(43)44)26(48)36-14-23(45)46/h15-21,24,42H,5-14,32H2,1-4H3,(H,36,48)(H,37,50)(H,38,47)(H,39,51)(H,40,49)(H,43,44)(H,45,46)(H4,33,34,35)/t16-,17+,18-,19-,20-,21-,24-/m0/s1. The molecule has 0 aromatic heterocycles. The number of nitrogens with one attached hydrogen (secondary N) is 5. The maximum absolute atomic E-state index is 13.5. The average molecular weight is 743 g/mol. The van der Waals surface area contributed by atoms with Gasteiger partial charge in [-0.15, -0.1) is 0 Å². The van der Waals surface area contributed by atoms with E-state index < -0.39 is 103 Å². The molecule has 6 amide bonds. The zero-order chi connectivity index (χ0) is 39.7. The third kappa shape index (κ3) is 15.9. The molecule has 0 radical (unpaired) electrons. The number of amides is 6. The highest BCUT2D eigenvalue weighted by Crippen LogP contribution is 2.20. The number of aliphatic hydroxyl groups excluding tert-OH is 1. The second kappa shape index (κ2) is 22.0. The van der Waals surface area contributed by atoms with Crippen molar-refractivity contribution in [2.24, 2.45) is 28.1 Å². The highest BCUT2D eigenvalue weighted by molar-refractivity contribution is 5.97. The van der Waals surface area contributed by atoms with Crippen molar-refractivity contribution in [1.82, 2.24) is 31.5 Å². The van der Waals surface area contributed by atoms with Crippen molar-refractivity contribution in [1.29, 1.82) is 0 Å². The minimum Gasteiger partial charge on any atom is -0.481 e. The van der Waals surface area contributed by atoms with Gasteiger partial charge in [-0.05, 0) is 58.3 Å². The highest BCUT2D eigenvalue weighted by Gasteiger charge is 2.38. The van der Waals surface area contributed by atoms with Crippen LogP contribution in [0.25, 0.3) is 0 Å². The molecule has 1 rings (SSSR count). The normalized spacial score (nSPS) is 17.4. The van der Waals surface area contributed by atoms with Crippen LogP contribution in [-0.4, -0.2) is 136 Å². The molecule has 7 atom stereocenters. The quantitative estimate of drug-likeness (QED) is 0.0285. The van der Waals surface area contributed by atoms with Crippen LogP contribution >= 0.6 is 0 Å². The van der Waals surface area contributed by atoms with Gasteiger partial charge in [0, 0.05) is 19.5 Å². The fourth-order valence-electron chi connectivity index (χ4n) is 5.31. The van der Waals surface area contributed by atoms with Gasteiger partial charge in [0.05, 0.1) is 12.1 Å². The third-order valence-electron chi connectivity index (χ3n) is 7.97. The molecule has 0 saturated carbocycles. The molecule has 0 unspecified atom stereocenters. The Labute approximate surface area is 301 Å². The van der Waals surface area contributed by atoms with Gasteiger partial charge in [0.1, 0.15) is 36.8 Å². The summed E-state index contributed by atoms with van der Waals surface area (Å²) in [6.07, 6.45) is -1.19. The Kier molecular flexibility index (Phi) is 19.0. The molecule has 1 saturated heterocycles. The van der Waals surface area contributed by atoms with Crippen LogP contribution in [0.2, 0.25) is 0 Å². The number of carboxylic acid groups (broad SMARTS) is 2. The minimum atomic E-state index is -1.73. The van der Waals surface area contributed by atoms with Crippen LogP contribution in [0.5, 0.6) is 0 Å². The predicted octanol–water partition coefficient (Wildman–Crippen LogP) is -4.19. The predicted molar refractivity (Wildman–Crippen MR) is 185 cm³/mol. The fraction of sp³-hybridized carbons (Fsp3) is 0.710. The number of guanidine groups is 1. The van der Waals surface area contributed by atoms with Crippen LogP contribution < -0.4 is 43.8 Å². The summed E-state index contributed by atoms with van der Waals surface area (Å²) in [5.41, 5.74) is 16.8. The van der Waals surface area contributed by atoms with E-state index in [-0.39, 0.29) is 37.2 Å². The molecule has 1 fully saturated rings. The van der Waals surface area contributed by atoms with Gasteiger partial charge in [0.2, 0.25) is 35.4 Å². The van der Waals surface area contributed by atoms with E-state index in [4.69, 9.17) is 27.4 Å². The number of hydrogen-bond donors (Lipinski definition) is 11. The molecule has 0 aromatic carbocycles. The van der Waals surface area contributed by atoms with Crippen LogP contribution in [0.1, 0.15) is 72.6 Å². The van der Waals surface area contributed by atoms with E-state index in [2.05, 4.69) is 26.3 Å². The summed E-state index contributed by atoms with van der Waals surface area (Å²) < 4.78 is 0. The van der Waals surface area contributed by atoms with Gasteiger partial charge in [-0.2, -0.15) is 0 Å². The monoisotopic (exact) mass is 742 g/mol. The average Bonchev–Trinajstić information content (AvgIpc) is 3.54. The summed E-state index contributed by atoms with van der Waals surface area (Å²) in [6.45, 7) is 5.91. The molecule has 0 bridgehead atoms. The molecule has 1 heterocycles. The van der Waals surface area contributed by atoms with E-state index in [1.54, 1.807) is 0 Å². The van der Waals surface area contributed by atoms with Crippen LogP contribution in [0.15, 0.2) is 4.99 Å². The molecular weight excluding hydrogens is 688 g/mol. The molecular formula is C31H54N10O11. The van der Waals surface area contributed by atoms with E-state index in [1.165, 1.54) is 11.8 Å². The number of likely N-dealkylation sites (tertiary alicyclic amines) is 1. The largest absolute Gasteiger partial charge is 0.481 e. The van der Waals surface area contributed by atoms with E-state index in [0.717, 1.165) is 6.92 Å². The Hall–Kier alpha value is -5.05. The molecule has 294 valence electrons. The van der Waals surface area contributed by atoms with Crippen LogP contribution in [0, 0.1) is 5.92 Å². The maximum Gasteiger partial charge on any atom is 0.322 e. The molecule has 1 aliphatic heterocycles. The number of rotatable bonds is 22. The van der Waals surface area contributed by atoms with Crippen molar-refractivity contribution in [2.75, 3.05) is 19.6 Å². The maximum atomic E-state index is 13.5. The Bertz CT molecular complexity index is 1320. The zero-order valence-corrected chi connectivity index (χ0v) is 29.9. The number of carbonyl (C=O) groups excluding carboxylic acids is 6. The van der Waals surface area contributed by atoms with Crippen molar-refractivity contribution < 1.29 is 53.7 Å². The molecule has 52 heavy (non-hydrogen) atoms. The van der Waals surface area contributed by atoms with Gasteiger partial charge in [0.15, 0.2) is 5.96 Å². The Morgan fingerprint density at radius 3 is 2.00 bits per heavy atom. The lowest BCUT2D eigenvalue weighted by molar-refractivity contribution is -0.141. The topological polar surface area (TPSA) is 351 Å². The second-order valence-electron chi connectivity index (χ2n) is 13.0. The van der Waals surface area contributed by atoms with Crippen molar-refractivity contribution in [3.05, 3.63) is 0 Å². The van der Waals surface area contributed by atoms with Crippen molar-refractivity contribution in [3.63, 3.8) is 0 Å². The zero-order valence-electron chi connectivity index (χ0n) is 29.9. The number of hydrogen-bond acceptors (Lipinski definition) is 11. The van der Waals surface area contributed by atoms with Crippen molar-refractivity contribution >= 4 is 53.3 Å². The Balaban J connectivity index is 3.11. The molecule has 0 aromatic rings. The van der Waals surface area contributed by atoms with Gasteiger partial charge in [-0.1, -0.05) is 13.8 Å². The van der Waals surface area contributed by atoms with Crippen LogP contribution in [0.3, 0.4) is 0 Å². The SMILES string of the molecule is CC(C)C[C@H](N)C(=O)N1CCC[C@H]1C(=O)N[C@@H](C)C(=O)N[C@@H](CCCN=C(N)N)C(=O)N[C@H](C(=O)N[C@@H](CCC(=O)O)C(=O)NCC(=O)O)[C@@H](C)O. The summed E-state index contributed by atoms with van der Waals surface area (Å²) in [6, 6.07) is -7.47. The number of aliphatic imine (C=N–C) groups is 1. The second-order valence-corrected chi connectivity index (χ2v) is 13.0. The summed E-state index contributed by atoms with van der Waals surface area (Å²) in [5.74, 6) is -7.61. The summed E-state index contributed by atoms with van der Waals surface area (Å²) in [4.78, 5) is 106. The molecule has 14 N–H and O–H groups in total. The summed E-state index contributed by atoms with van der Waals surface area (Å²) >= 11 is 0. The summed E-state index contributed by atoms with van der Waals surface area (Å²) in [7, 11) is 0. The van der Waals surface area contributed by atoms with Gasteiger partial charge in [0.25, 0.3) is 0 Å². The number of aliphatic hydroxyl groups is 1. The van der Waals surface area contributed by atoms with Gasteiger partial charge in [-0.25, -0.2) is 0 Å². The first-order valence-electron chi connectivity index (χ1n) is 17.0. The lowest BCUT2D eigenvalue weighted by atomic mass is 10.0. The number of aliphatic carboxylic acids is 2. The molecule has 21 heteroatoms. The first-order chi connectivity index (χ1) is 24.2. The first kappa shape index (κ1) is 45.0. The van der Waals surface area contributed by atoms with E-state index in [0.29, 0.717) is 25.8 Å². The number of nitrogens with two attached hydrogens (primary N) is 3.